The monoisotopic (exact) mass is 171 g/mol. The van der Waals surface area contributed by atoms with Crippen LogP contribution in [0.1, 0.15) is 46.5 Å². The predicted octanol–water partition coefficient (Wildman–Crippen LogP) is 2.12. The van der Waals surface area contributed by atoms with E-state index >= 15 is 0 Å². The Balaban J connectivity index is 3.57. The third-order valence-corrected chi connectivity index (χ3v) is 2.05. The van der Waals surface area contributed by atoms with Crippen LogP contribution in [-0.4, -0.2) is 11.8 Å². The Hall–Kier alpha value is -0.370. The van der Waals surface area contributed by atoms with E-state index in [1.54, 1.807) is 0 Å². The summed E-state index contributed by atoms with van der Waals surface area (Å²) in [7, 11) is 0. The third-order valence-electron chi connectivity index (χ3n) is 2.05. The van der Waals surface area contributed by atoms with Gasteiger partial charge < -0.3 is 5.73 Å². The lowest BCUT2D eigenvalue weighted by atomic mass is 9.98. The molecule has 0 amide bonds. The first-order valence-corrected chi connectivity index (χ1v) is 4.88. The molecule has 0 saturated carbocycles. The Morgan fingerprint density at radius 2 is 1.92 bits per heavy atom. The lowest BCUT2D eigenvalue weighted by molar-refractivity contribution is -0.123. The van der Waals surface area contributed by atoms with E-state index in [-0.39, 0.29) is 17.7 Å². The second-order valence-electron chi connectivity index (χ2n) is 3.66. The molecule has 0 unspecified atom stereocenters. The van der Waals surface area contributed by atoms with Crippen molar-refractivity contribution in [2.24, 2.45) is 11.7 Å². The molecule has 0 aromatic heterocycles. The highest BCUT2D eigenvalue weighted by atomic mass is 16.1. The largest absolute Gasteiger partial charge is 0.321 e. The van der Waals surface area contributed by atoms with E-state index in [9.17, 15) is 4.79 Å². The number of Topliss-reactive ketones (excluding diaryl/α,β-unsaturated/α-hetero) is 1. The van der Waals surface area contributed by atoms with Gasteiger partial charge in [-0.3, -0.25) is 4.79 Å². The first kappa shape index (κ1) is 11.6. The first-order chi connectivity index (χ1) is 5.59. The van der Waals surface area contributed by atoms with Gasteiger partial charge in [0.05, 0.1) is 6.04 Å². The summed E-state index contributed by atoms with van der Waals surface area (Å²) in [5.74, 6) is 0.285. The van der Waals surface area contributed by atoms with Crippen molar-refractivity contribution in [3.8, 4) is 0 Å². The Morgan fingerprint density at radius 1 is 1.33 bits per heavy atom. The normalized spacial score (nSPS) is 13.4. The van der Waals surface area contributed by atoms with Crippen LogP contribution < -0.4 is 5.73 Å². The van der Waals surface area contributed by atoms with Crippen LogP contribution in [0.2, 0.25) is 0 Å². The quantitative estimate of drug-likeness (QED) is 0.622. The van der Waals surface area contributed by atoms with E-state index in [2.05, 4.69) is 6.92 Å². The number of ketones is 1. The number of unbranched alkanes of at least 4 members (excludes halogenated alkanes) is 2. The summed E-state index contributed by atoms with van der Waals surface area (Å²) in [6.07, 6.45) is 4.29. The molecule has 0 aromatic carbocycles. The highest BCUT2D eigenvalue weighted by Gasteiger charge is 2.15. The molecule has 2 nitrogen and oxygen atoms in total. The van der Waals surface area contributed by atoms with E-state index < -0.39 is 0 Å². The minimum absolute atomic E-state index is 0.0848. The second kappa shape index (κ2) is 6.18. The van der Waals surface area contributed by atoms with Gasteiger partial charge in [-0.2, -0.15) is 0 Å². The molecule has 2 heteroatoms. The van der Waals surface area contributed by atoms with Crippen LogP contribution in [0.5, 0.6) is 0 Å². The number of hydrogen-bond donors (Lipinski definition) is 1. The Kier molecular flexibility index (Phi) is 5.99. The molecule has 0 radical (unpaired) electrons. The minimum Gasteiger partial charge on any atom is -0.321 e. The lowest BCUT2D eigenvalue weighted by Crippen LogP contribution is -2.33. The van der Waals surface area contributed by atoms with E-state index in [0.29, 0.717) is 0 Å². The van der Waals surface area contributed by atoms with Crippen LogP contribution in [0, 0.1) is 5.92 Å². The van der Waals surface area contributed by atoms with E-state index in [4.69, 9.17) is 5.73 Å². The van der Waals surface area contributed by atoms with Gasteiger partial charge in [0.1, 0.15) is 0 Å². The minimum atomic E-state index is -0.225. The Labute approximate surface area is 75.5 Å². The van der Waals surface area contributed by atoms with Crippen LogP contribution in [0.3, 0.4) is 0 Å². The zero-order chi connectivity index (χ0) is 9.56. The van der Waals surface area contributed by atoms with E-state index in [1.807, 2.05) is 13.8 Å². The smallest absolute Gasteiger partial charge is 0.152 e. The number of carbonyl (C=O) groups is 1. The summed E-state index contributed by atoms with van der Waals surface area (Å²) < 4.78 is 0. The summed E-state index contributed by atoms with van der Waals surface area (Å²) in [4.78, 5) is 11.3. The van der Waals surface area contributed by atoms with Crippen molar-refractivity contribution in [2.75, 3.05) is 0 Å². The van der Waals surface area contributed by atoms with Gasteiger partial charge in [0, 0.05) is 5.92 Å². The average molecular weight is 171 g/mol. The molecule has 0 fully saturated rings. The Morgan fingerprint density at radius 3 is 2.33 bits per heavy atom. The number of carbonyl (C=O) groups excluding carboxylic acids is 1. The predicted molar refractivity (Wildman–Crippen MR) is 52.0 cm³/mol. The molecular formula is C10H21NO. The first-order valence-electron chi connectivity index (χ1n) is 4.88. The maximum absolute atomic E-state index is 11.3. The Bertz CT molecular complexity index is 132. The highest BCUT2D eigenvalue weighted by Crippen LogP contribution is 2.06. The molecule has 0 rings (SSSR count). The zero-order valence-corrected chi connectivity index (χ0v) is 8.47. The van der Waals surface area contributed by atoms with Gasteiger partial charge in [-0.15, -0.1) is 0 Å². The summed E-state index contributed by atoms with van der Waals surface area (Å²) in [6, 6.07) is -0.225. The molecule has 0 aliphatic carbocycles. The summed E-state index contributed by atoms with van der Waals surface area (Å²) in [6.45, 7) is 5.96. The van der Waals surface area contributed by atoms with Crippen LogP contribution in [0.4, 0.5) is 0 Å². The molecule has 0 saturated heterocycles. The summed E-state index contributed by atoms with van der Waals surface area (Å²) in [5, 5.41) is 0. The lowest BCUT2D eigenvalue weighted by Gasteiger charge is -2.12. The summed E-state index contributed by atoms with van der Waals surface area (Å²) >= 11 is 0. The fourth-order valence-electron chi connectivity index (χ4n) is 1.18. The standard InChI is InChI=1S/C10H21NO/c1-4-5-6-7-9(11)10(12)8(2)3/h8-9H,4-7,11H2,1-3H3/t9-/m1/s1. The molecule has 0 heterocycles. The number of hydrogen-bond acceptors (Lipinski definition) is 2. The van der Waals surface area contributed by atoms with E-state index in [1.165, 1.54) is 12.8 Å². The molecule has 2 N–H and O–H groups in total. The van der Waals surface area contributed by atoms with Gasteiger partial charge in [0.15, 0.2) is 5.78 Å². The summed E-state index contributed by atoms with van der Waals surface area (Å²) in [5.41, 5.74) is 5.71. The van der Waals surface area contributed by atoms with Crippen LogP contribution in [-0.2, 0) is 4.79 Å². The molecule has 72 valence electrons. The van der Waals surface area contributed by atoms with Gasteiger partial charge >= 0.3 is 0 Å². The van der Waals surface area contributed by atoms with Crippen LogP contribution in [0.25, 0.3) is 0 Å². The zero-order valence-electron chi connectivity index (χ0n) is 8.47. The van der Waals surface area contributed by atoms with Crippen LogP contribution >= 0.6 is 0 Å². The molecule has 0 aliphatic heterocycles. The third kappa shape index (κ3) is 4.50. The van der Waals surface area contributed by atoms with Crippen molar-refractivity contribution in [2.45, 2.75) is 52.5 Å². The van der Waals surface area contributed by atoms with Crippen molar-refractivity contribution >= 4 is 5.78 Å². The van der Waals surface area contributed by atoms with Gasteiger partial charge in [0.25, 0.3) is 0 Å². The van der Waals surface area contributed by atoms with Crippen molar-refractivity contribution in [3.63, 3.8) is 0 Å². The molecular weight excluding hydrogens is 150 g/mol. The van der Waals surface area contributed by atoms with Crippen LogP contribution in [0.15, 0.2) is 0 Å². The molecule has 0 aromatic rings. The fraction of sp³-hybridized carbons (Fsp3) is 0.900. The molecule has 0 bridgehead atoms. The highest BCUT2D eigenvalue weighted by molar-refractivity contribution is 5.85. The van der Waals surface area contributed by atoms with Gasteiger partial charge in [-0.25, -0.2) is 0 Å². The number of nitrogens with two attached hydrogens (primary N) is 1. The molecule has 0 aliphatic rings. The molecule has 1 atom stereocenters. The van der Waals surface area contributed by atoms with Crippen molar-refractivity contribution in [3.05, 3.63) is 0 Å². The van der Waals surface area contributed by atoms with Gasteiger partial charge in [0.2, 0.25) is 0 Å². The van der Waals surface area contributed by atoms with Crippen molar-refractivity contribution < 1.29 is 4.79 Å². The maximum Gasteiger partial charge on any atom is 0.152 e. The number of rotatable bonds is 6. The second-order valence-corrected chi connectivity index (χ2v) is 3.66. The topological polar surface area (TPSA) is 43.1 Å². The maximum atomic E-state index is 11.3. The van der Waals surface area contributed by atoms with E-state index in [0.717, 1.165) is 12.8 Å². The molecule has 0 spiro atoms. The molecule has 12 heavy (non-hydrogen) atoms. The van der Waals surface area contributed by atoms with Gasteiger partial charge in [-0.1, -0.05) is 40.0 Å². The van der Waals surface area contributed by atoms with Crippen molar-refractivity contribution in [1.82, 2.24) is 0 Å². The van der Waals surface area contributed by atoms with Gasteiger partial charge in [-0.05, 0) is 6.42 Å². The van der Waals surface area contributed by atoms with Crippen molar-refractivity contribution in [1.29, 1.82) is 0 Å². The fourth-order valence-corrected chi connectivity index (χ4v) is 1.18. The SMILES string of the molecule is CCCCC[C@@H](N)C(=O)C(C)C. The average Bonchev–Trinajstić information content (AvgIpc) is 2.03.